The zero-order valence-corrected chi connectivity index (χ0v) is 13.1. The van der Waals surface area contributed by atoms with Crippen LogP contribution in [-0.2, 0) is 0 Å². The molecule has 0 bridgehead atoms. The molecule has 3 aromatic heterocycles. The van der Waals surface area contributed by atoms with Gasteiger partial charge in [-0.2, -0.15) is 4.39 Å². The second-order valence-corrected chi connectivity index (χ2v) is 5.49. The smallest absolute Gasteiger partial charge is 0.224 e. The van der Waals surface area contributed by atoms with Crippen molar-refractivity contribution in [3.8, 4) is 33.9 Å². The highest BCUT2D eigenvalue weighted by Gasteiger charge is 2.18. The van der Waals surface area contributed by atoms with Crippen LogP contribution in [0.25, 0.3) is 33.9 Å². The summed E-state index contributed by atoms with van der Waals surface area (Å²) in [6, 6.07) is 16.5. The van der Waals surface area contributed by atoms with Crippen LogP contribution in [0.1, 0.15) is 0 Å². The maximum Gasteiger partial charge on any atom is 0.224 e. The van der Waals surface area contributed by atoms with Crippen LogP contribution >= 0.6 is 0 Å². The highest BCUT2D eigenvalue weighted by molar-refractivity contribution is 5.81. The topological polar surface area (TPSA) is 80.5 Å². The Morgan fingerprint density at radius 1 is 0.840 bits per heavy atom. The molecule has 1 aromatic carbocycles. The molecule has 0 fully saturated rings. The Morgan fingerprint density at radius 3 is 2.32 bits per heavy atom. The van der Waals surface area contributed by atoms with Crippen molar-refractivity contribution in [3.05, 3.63) is 72.9 Å². The number of aromatic nitrogens is 4. The minimum Gasteiger partial charge on any atom is -0.384 e. The van der Waals surface area contributed by atoms with E-state index in [-0.39, 0.29) is 5.82 Å². The summed E-state index contributed by atoms with van der Waals surface area (Å²) in [7, 11) is 0. The summed E-state index contributed by atoms with van der Waals surface area (Å²) in [5.41, 5.74) is 8.81. The average Bonchev–Trinajstić information content (AvgIpc) is 3.08. The van der Waals surface area contributed by atoms with E-state index in [0.29, 0.717) is 22.8 Å². The normalized spacial score (nSPS) is 10.8. The number of anilines is 1. The summed E-state index contributed by atoms with van der Waals surface area (Å²) < 4.78 is 14.4. The van der Waals surface area contributed by atoms with Gasteiger partial charge < -0.3 is 10.7 Å². The van der Waals surface area contributed by atoms with Crippen molar-refractivity contribution < 1.29 is 4.39 Å². The average molecular weight is 331 g/mol. The second-order valence-electron chi connectivity index (χ2n) is 5.49. The zero-order chi connectivity index (χ0) is 17.2. The minimum atomic E-state index is -0.640. The molecule has 3 N–H and O–H groups in total. The van der Waals surface area contributed by atoms with Crippen LogP contribution in [0.3, 0.4) is 0 Å². The van der Waals surface area contributed by atoms with Crippen LogP contribution < -0.4 is 5.73 Å². The van der Waals surface area contributed by atoms with Crippen molar-refractivity contribution in [1.82, 2.24) is 19.9 Å². The predicted molar refractivity (Wildman–Crippen MR) is 94.9 cm³/mol. The monoisotopic (exact) mass is 331 g/mol. The molecule has 122 valence electrons. The summed E-state index contributed by atoms with van der Waals surface area (Å²) in [5, 5.41) is 0. The van der Waals surface area contributed by atoms with Gasteiger partial charge in [0.15, 0.2) is 0 Å². The van der Waals surface area contributed by atoms with E-state index in [1.54, 1.807) is 24.5 Å². The molecule has 0 saturated carbocycles. The molecule has 0 atom stereocenters. The van der Waals surface area contributed by atoms with Crippen molar-refractivity contribution in [1.29, 1.82) is 0 Å². The third-order valence-electron chi connectivity index (χ3n) is 3.84. The third kappa shape index (κ3) is 2.85. The lowest BCUT2D eigenvalue weighted by molar-refractivity contribution is 0.589. The van der Waals surface area contributed by atoms with E-state index >= 15 is 0 Å². The number of halogens is 1. The predicted octanol–water partition coefficient (Wildman–Crippen LogP) is 3.92. The largest absolute Gasteiger partial charge is 0.384 e. The molecular weight excluding hydrogens is 317 g/mol. The number of pyridine rings is 2. The Kier molecular flexibility index (Phi) is 3.70. The van der Waals surface area contributed by atoms with Gasteiger partial charge in [-0.15, -0.1) is 0 Å². The van der Waals surface area contributed by atoms with Gasteiger partial charge in [-0.1, -0.05) is 30.3 Å². The van der Waals surface area contributed by atoms with Gasteiger partial charge in [-0.25, -0.2) is 9.97 Å². The van der Waals surface area contributed by atoms with Crippen molar-refractivity contribution >= 4 is 5.82 Å². The maximum absolute atomic E-state index is 14.4. The molecule has 0 saturated heterocycles. The first-order valence-corrected chi connectivity index (χ1v) is 7.70. The highest BCUT2D eigenvalue weighted by atomic mass is 19.1. The number of nitrogens with one attached hydrogen (secondary N) is 1. The van der Waals surface area contributed by atoms with E-state index in [0.717, 1.165) is 11.1 Å². The molecule has 0 aliphatic heterocycles. The van der Waals surface area contributed by atoms with Crippen LogP contribution in [0.5, 0.6) is 0 Å². The SMILES string of the molecule is Nc1ccc(-c2[nH]c(-c3ccccc3)nc2-c2ccncc2)c(F)n1. The van der Waals surface area contributed by atoms with E-state index in [2.05, 4.69) is 19.9 Å². The molecule has 0 amide bonds. The van der Waals surface area contributed by atoms with E-state index in [1.807, 2.05) is 42.5 Å². The maximum atomic E-state index is 14.4. The molecule has 6 heteroatoms. The Bertz CT molecular complexity index is 1010. The number of hydrogen-bond donors (Lipinski definition) is 2. The molecule has 3 heterocycles. The number of aromatic amines is 1. The summed E-state index contributed by atoms with van der Waals surface area (Å²) in [4.78, 5) is 15.6. The van der Waals surface area contributed by atoms with Gasteiger partial charge in [0.1, 0.15) is 11.6 Å². The van der Waals surface area contributed by atoms with Crippen LogP contribution in [0.15, 0.2) is 67.0 Å². The summed E-state index contributed by atoms with van der Waals surface area (Å²) in [5.74, 6) is 0.145. The molecule has 25 heavy (non-hydrogen) atoms. The molecule has 0 aliphatic rings. The molecule has 0 spiro atoms. The number of imidazole rings is 1. The van der Waals surface area contributed by atoms with Gasteiger partial charge in [0, 0.05) is 23.5 Å². The lowest BCUT2D eigenvalue weighted by atomic mass is 10.1. The second kappa shape index (κ2) is 6.16. The number of nitrogen functional groups attached to an aromatic ring is 1. The van der Waals surface area contributed by atoms with E-state index in [9.17, 15) is 4.39 Å². The van der Waals surface area contributed by atoms with Crippen LogP contribution in [0, 0.1) is 5.95 Å². The Balaban J connectivity index is 1.94. The van der Waals surface area contributed by atoms with E-state index < -0.39 is 5.95 Å². The molecular formula is C19H14FN5. The van der Waals surface area contributed by atoms with Gasteiger partial charge in [-0.3, -0.25) is 4.98 Å². The molecule has 0 unspecified atom stereocenters. The summed E-state index contributed by atoms with van der Waals surface area (Å²) in [6.07, 6.45) is 3.35. The van der Waals surface area contributed by atoms with Crippen molar-refractivity contribution in [2.45, 2.75) is 0 Å². The lowest BCUT2D eigenvalue weighted by Crippen LogP contribution is -1.96. The highest BCUT2D eigenvalue weighted by Crippen LogP contribution is 2.33. The van der Waals surface area contributed by atoms with E-state index in [4.69, 9.17) is 5.73 Å². The first kappa shape index (κ1) is 15.0. The first-order valence-electron chi connectivity index (χ1n) is 7.70. The fraction of sp³-hybridized carbons (Fsp3) is 0. The fourth-order valence-corrected chi connectivity index (χ4v) is 2.65. The van der Waals surface area contributed by atoms with Crippen LogP contribution in [0.4, 0.5) is 10.2 Å². The standard InChI is InChI=1S/C19H14FN5/c20-18-14(6-7-15(21)23-18)17-16(12-8-10-22-11-9-12)24-19(25-17)13-4-2-1-3-5-13/h1-11H,(H2,21,23)(H,24,25). The summed E-state index contributed by atoms with van der Waals surface area (Å²) >= 11 is 0. The van der Waals surface area contributed by atoms with E-state index in [1.165, 1.54) is 0 Å². The Hall–Kier alpha value is -3.54. The third-order valence-corrected chi connectivity index (χ3v) is 3.84. The quantitative estimate of drug-likeness (QED) is 0.558. The summed E-state index contributed by atoms with van der Waals surface area (Å²) in [6.45, 7) is 0. The van der Waals surface area contributed by atoms with Gasteiger partial charge in [0.2, 0.25) is 5.95 Å². The van der Waals surface area contributed by atoms with Crippen LogP contribution in [-0.4, -0.2) is 19.9 Å². The molecule has 4 rings (SSSR count). The van der Waals surface area contributed by atoms with Crippen LogP contribution in [0.2, 0.25) is 0 Å². The molecule has 4 aromatic rings. The minimum absolute atomic E-state index is 0.134. The first-order chi connectivity index (χ1) is 12.2. The van der Waals surface area contributed by atoms with Crippen molar-refractivity contribution in [3.63, 3.8) is 0 Å². The van der Waals surface area contributed by atoms with Gasteiger partial charge in [0.05, 0.1) is 17.0 Å². The Labute approximate surface area is 143 Å². The number of nitrogens with two attached hydrogens (primary N) is 1. The van der Waals surface area contributed by atoms with Gasteiger partial charge in [-0.05, 0) is 24.3 Å². The van der Waals surface area contributed by atoms with Gasteiger partial charge in [0.25, 0.3) is 0 Å². The fourth-order valence-electron chi connectivity index (χ4n) is 2.65. The number of benzene rings is 1. The molecule has 5 nitrogen and oxygen atoms in total. The van der Waals surface area contributed by atoms with Gasteiger partial charge >= 0.3 is 0 Å². The number of hydrogen-bond acceptors (Lipinski definition) is 4. The molecule has 0 aliphatic carbocycles. The molecule has 0 radical (unpaired) electrons. The number of rotatable bonds is 3. The number of H-pyrrole nitrogens is 1. The van der Waals surface area contributed by atoms with Crippen molar-refractivity contribution in [2.75, 3.05) is 5.73 Å². The zero-order valence-electron chi connectivity index (χ0n) is 13.1. The number of nitrogens with zero attached hydrogens (tertiary/aromatic N) is 3. The Morgan fingerprint density at radius 2 is 1.60 bits per heavy atom. The lowest BCUT2D eigenvalue weighted by Gasteiger charge is -2.04. The van der Waals surface area contributed by atoms with Crippen molar-refractivity contribution in [2.24, 2.45) is 0 Å².